The van der Waals surface area contributed by atoms with Crippen LogP contribution in [0.1, 0.15) is 65.2 Å². The van der Waals surface area contributed by atoms with Gasteiger partial charge in [0.2, 0.25) is 0 Å². The first-order chi connectivity index (χ1) is 12.8. The van der Waals surface area contributed by atoms with Crippen LogP contribution in [0.15, 0.2) is 30.3 Å². The topological polar surface area (TPSA) is 27.7 Å². The molecule has 0 radical (unpaired) electrons. The second kappa shape index (κ2) is 11.7. The normalized spacial score (nSPS) is 10.9. The minimum atomic E-state index is 0.709. The maximum Gasteiger partial charge on any atom is 0.172 e. The lowest BCUT2D eigenvalue weighted by molar-refractivity contribution is 0.284. The lowest BCUT2D eigenvalue weighted by atomic mass is 10.1. The Morgan fingerprint density at radius 3 is 2.04 bits per heavy atom. The summed E-state index contributed by atoms with van der Waals surface area (Å²) in [6.45, 7) is 5.90. The maximum absolute atomic E-state index is 6.17. The zero-order valence-corrected chi connectivity index (χ0v) is 16.7. The Bertz CT molecular complexity index is 651. The quantitative estimate of drug-likeness (QED) is 0.370. The minimum absolute atomic E-state index is 0.709. The number of hydrogen-bond acceptors (Lipinski definition) is 3. The Balaban J connectivity index is 2.17. The van der Waals surface area contributed by atoms with Crippen molar-refractivity contribution in [1.82, 2.24) is 0 Å². The minimum Gasteiger partial charge on any atom is -0.493 e. The highest BCUT2D eigenvalue weighted by Gasteiger charge is 2.14. The Kier molecular flexibility index (Phi) is 9.16. The third-order valence-corrected chi connectivity index (χ3v) is 4.64. The van der Waals surface area contributed by atoms with E-state index in [1.54, 1.807) is 7.11 Å². The predicted octanol–water partition coefficient (Wildman–Crippen LogP) is 6.77. The van der Waals surface area contributed by atoms with Crippen LogP contribution in [-0.4, -0.2) is 20.3 Å². The number of methoxy groups -OCH3 is 1. The Morgan fingerprint density at radius 2 is 1.38 bits per heavy atom. The van der Waals surface area contributed by atoms with Crippen molar-refractivity contribution in [2.45, 2.75) is 65.2 Å². The fraction of sp³-hybridized carbons (Fsp3) is 0.565. The van der Waals surface area contributed by atoms with Gasteiger partial charge >= 0.3 is 0 Å². The van der Waals surface area contributed by atoms with Crippen LogP contribution in [0.25, 0.3) is 10.8 Å². The number of unbranched alkanes of at least 4 members (excludes halogenated alkanes) is 6. The number of fused-ring (bicyclic) bond motifs is 1. The molecule has 0 aliphatic heterocycles. The fourth-order valence-corrected chi connectivity index (χ4v) is 3.13. The molecule has 0 amide bonds. The Hall–Kier alpha value is -1.90. The standard InChI is InChI=1S/C23H34O3/c1-4-6-8-10-17-25-20-14-12-13-19-15-16-21(24-3)23(22(19)20)26-18-11-9-7-5-2/h12-16H,4-11,17-18H2,1-3H3. The average molecular weight is 359 g/mol. The molecule has 0 bridgehead atoms. The molecule has 2 aromatic carbocycles. The van der Waals surface area contributed by atoms with Gasteiger partial charge in [-0.25, -0.2) is 0 Å². The van der Waals surface area contributed by atoms with Gasteiger partial charge in [0.1, 0.15) is 5.75 Å². The van der Waals surface area contributed by atoms with Gasteiger partial charge in [-0.1, -0.05) is 70.6 Å². The molecule has 0 aromatic heterocycles. The monoisotopic (exact) mass is 358 g/mol. The van der Waals surface area contributed by atoms with Crippen molar-refractivity contribution in [3.8, 4) is 17.2 Å². The van der Waals surface area contributed by atoms with Gasteiger partial charge in [-0.05, 0) is 30.4 Å². The smallest absolute Gasteiger partial charge is 0.172 e. The maximum atomic E-state index is 6.17. The van der Waals surface area contributed by atoms with E-state index < -0.39 is 0 Å². The van der Waals surface area contributed by atoms with Crippen molar-refractivity contribution in [2.24, 2.45) is 0 Å². The largest absolute Gasteiger partial charge is 0.493 e. The average Bonchev–Trinajstić information content (AvgIpc) is 2.67. The van der Waals surface area contributed by atoms with E-state index in [4.69, 9.17) is 14.2 Å². The molecule has 0 aliphatic rings. The Labute approximate surface area is 158 Å². The van der Waals surface area contributed by atoms with E-state index in [1.165, 1.54) is 38.5 Å². The van der Waals surface area contributed by atoms with Gasteiger partial charge in [0.25, 0.3) is 0 Å². The molecule has 0 saturated heterocycles. The first kappa shape index (κ1) is 20.4. The summed E-state index contributed by atoms with van der Waals surface area (Å²) in [6.07, 6.45) is 9.54. The van der Waals surface area contributed by atoms with Crippen LogP contribution in [0.2, 0.25) is 0 Å². The molecule has 0 saturated carbocycles. The molecule has 0 heterocycles. The van der Waals surface area contributed by atoms with E-state index in [9.17, 15) is 0 Å². The highest BCUT2D eigenvalue weighted by molar-refractivity contribution is 5.95. The molecule has 0 fully saturated rings. The van der Waals surface area contributed by atoms with Gasteiger partial charge in [0.15, 0.2) is 11.5 Å². The molecule has 3 heteroatoms. The van der Waals surface area contributed by atoms with Crippen molar-refractivity contribution in [3.63, 3.8) is 0 Å². The highest BCUT2D eigenvalue weighted by Crippen LogP contribution is 2.41. The molecular formula is C23H34O3. The van der Waals surface area contributed by atoms with E-state index in [0.717, 1.165) is 47.5 Å². The van der Waals surface area contributed by atoms with Gasteiger partial charge in [-0.3, -0.25) is 0 Å². The molecule has 0 aliphatic carbocycles. The van der Waals surface area contributed by atoms with Gasteiger partial charge in [0, 0.05) is 0 Å². The van der Waals surface area contributed by atoms with E-state index in [2.05, 4.69) is 26.0 Å². The summed E-state index contributed by atoms with van der Waals surface area (Å²) in [5, 5.41) is 2.15. The number of rotatable bonds is 13. The summed E-state index contributed by atoms with van der Waals surface area (Å²) in [7, 11) is 1.69. The highest BCUT2D eigenvalue weighted by atomic mass is 16.5. The molecule has 0 atom stereocenters. The molecule has 144 valence electrons. The molecule has 0 spiro atoms. The van der Waals surface area contributed by atoms with Gasteiger partial charge in [-0.2, -0.15) is 0 Å². The van der Waals surface area contributed by atoms with Gasteiger partial charge in [0.05, 0.1) is 25.7 Å². The van der Waals surface area contributed by atoms with Gasteiger partial charge in [-0.15, -0.1) is 0 Å². The zero-order chi connectivity index (χ0) is 18.6. The summed E-state index contributed by atoms with van der Waals surface area (Å²) >= 11 is 0. The van der Waals surface area contributed by atoms with Crippen molar-refractivity contribution in [1.29, 1.82) is 0 Å². The number of hydrogen-bond donors (Lipinski definition) is 0. The first-order valence-electron chi connectivity index (χ1n) is 10.2. The van der Waals surface area contributed by atoms with E-state index in [1.807, 2.05) is 18.2 Å². The molecule has 2 rings (SSSR count). The summed E-state index contributed by atoms with van der Waals surface area (Å²) < 4.78 is 17.8. The van der Waals surface area contributed by atoms with E-state index in [-0.39, 0.29) is 0 Å². The summed E-state index contributed by atoms with van der Waals surface area (Å²) in [4.78, 5) is 0. The van der Waals surface area contributed by atoms with Crippen molar-refractivity contribution in [3.05, 3.63) is 30.3 Å². The van der Waals surface area contributed by atoms with Crippen LogP contribution in [0.4, 0.5) is 0 Å². The fourth-order valence-electron chi connectivity index (χ4n) is 3.13. The summed E-state index contributed by atoms with van der Waals surface area (Å²) in [5.74, 6) is 2.47. The van der Waals surface area contributed by atoms with Crippen LogP contribution in [0.3, 0.4) is 0 Å². The predicted molar refractivity (Wildman–Crippen MR) is 110 cm³/mol. The van der Waals surface area contributed by atoms with Crippen LogP contribution >= 0.6 is 0 Å². The van der Waals surface area contributed by atoms with Crippen molar-refractivity contribution in [2.75, 3.05) is 20.3 Å². The third kappa shape index (κ3) is 5.82. The molecule has 3 nitrogen and oxygen atoms in total. The lowest BCUT2D eigenvalue weighted by Gasteiger charge is -2.16. The van der Waals surface area contributed by atoms with E-state index >= 15 is 0 Å². The second-order valence-electron chi connectivity index (χ2n) is 6.77. The van der Waals surface area contributed by atoms with Crippen LogP contribution in [0, 0.1) is 0 Å². The summed E-state index contributed by atoms with van der Waals surface area (Å²) in [6, 6.07) is 10.2. The van der Waals surface area contributed by atoms with Gasteiger partial charge < -0.3 is 14.2 Å². The van der Waals surface area contributed by atoms with Crippen molar-refractivity contribution < 1.29 is 14.2 Å². The molecule has 2 aromatic rings. The Morgan fingerprint density at radius 1 is 0.692 bits per heavy atom. The zero-order valence-electron chi connectivity index (χ0n) is 16.7. The second-order valence-corrected chi connectivity index (χ2v) is 6.77. The molecule has 0 unspecified atom stereocenters. The van der Waals surface area contributed by atoms with E-state index in [0.29, 0.717) is 6.61 Å². The SMILES string of the molecule is CCCCCCOc1cccc2ccc(OC)c(OCCCCCC)c12. The molecular weight excluding hydrogens is 324 g/mol. The van der Waals surface area contributed by atoms with Crippen molar-refractivity contribution >= 4 is 10.8 Å². The molecule has 26 heavy (non-hydrogen) atoms. The molecule has 0 N–H and O–H groups in total. The van der Waals surface area contributed by atoms with Crippen LogP contribution in [-0.2, 0) is 0 Å². The van der Waals surface area contributed by atoms with Crippen LogP contribution in [0.5, 0.6) is 17.2 Å². The van der Waals surface area contributed by atoms with Crippen LogP contribution < -0.4 is 14.2 Å². The first-order valence-corrected chi connectivity index (χ1v) is 10.2. The number of benzene rings is 2. The third-order valence-electron chi connectivity index (χ3n) is 4.64. The lowest BCUT2D eigenvalue weighted by Crippen LogP contribution is -2.02. The number of ether oxygens (including phenoxy) is 3. The summed E-state index contributed by atoms with van der Waals surface area (Å²) in [5.41, 5.74) is 0.